The first-order chi connectivity index (χ1) is 15.1. The molecule has 3 heterocycles. The first kappa shape index (κ1) is 23.6. The van der Waals surface area contributed by atoms with Crippen molar-refractivity contribution < 1.29 is 30.0 Å². The summed E-state index contributed by atoms with van der Waals surface area (Å²) in [6.07, 6.45) is -4.43. The Kier molecular flexibility index (Phi) is 7.06. The van der Waals surface area contributed by atoms with E-state index < -0.39 is 59.8 Å². The van der Waals surface area contributed by atoms with Crippen LogP contribution >= 0.6 is 0 Å². The second-order valence-electron chi connectivity index (χ2n) is 7.44. The van der Waals surface area contributed by atoms with E-state index in [0.29, 0.717) is 0 Å². The first-order valence-corrected chi connectivity index (χ1v) is 9.65. The molecule has 1 fully saturated rings. The molecule has 1 aliphatic rings. The van der Waals surface area contributed by atoms with Gasteiger partial charge in [0.05, 0.1) is 24.5 Å². The Morgan fingerprint density at radius 2 is 2.03 bits per heavy atom. The minimum absolute atomic E-state index is 0.0787. The molecular formula is C19H24N5O8. The molecule has 2 unspecified atom stereocenters. The molecule has 1 saturated heterocycles. The molecule has 0 aromatic carbocycles. The Hall–Kier alpha value is -3.10. The van der Waals surface area contributed by atoms with Crippen molar-refractivity contribution in [1.29, 1.82) is 0 Å². The highest BCUT2D eigenvalue weighted by Gasteiger charge is 2.44. The van der Waals surface area contributed by atoms with Crippen LogP contribution in [0.3, 0.4) is 0 Å². The second kappa shape index (κ2) is 9.58. The Bertz CT molecular complexity index is 1050. The predicted molar refractivity (Wildman–Crippen MR) is 108 cm³/mol. The second-order valence-corrected chi connectivity index (χ2v) is 7.44. The van der Waals surface area contributed by atoms with Crippen molar-refractivity contribution >= 4 is 5.91 Å². The summed E-state index contributed by atoms with van der Waals surface area (Å²) in [5.74, 6) is -1.55. The fourth-order valence-electron chi connectivity index (χ4n) is 3.22. The first-order valence-electron chi connectivity index (χ1n) is 9.65. The molecule has 2 aromatic rings. The Morgan fingerprint density at radius 1 is 1.31 bits per heavy atom. The molecule has 7 atom stereocenters. The van der Waals surface area contributed by atoms with Crippen LogP contribution in [0.2, 0.25) is 0 Å². The molecule has 173 valence electrons. The van der Waals surface area contributed by atoms with E-state index >= 15 is 0 Å². The number of H-pyrrole nitrogens is 1. The standard InChI is InChI=1S/C19H24N5O8/c1-8(14(27)10-3-2-9(25)6-21-10)13(20)17(30)22-7-11-15(28)16(29)18(32-11)24-5-4-12(26)23-19(24)31/h2-8,11,13-16,18,25,27-29H,20H2,1H3,(H,22,30)(H,23,26,31)/t8-,11+,13-,14-,15?,16?,18+/m0/s1. The monoisotopic (exact) mass is 450 g/mol. The molecule has 8 N–H and O–H groups in total. The lowest BCUT2D eigenvalue weighted by atomic mass is 9.93. The van der Waals surface area contributed by atoms with Crippen LogP contribution in [0.15, 0.2) is 40.2 Å². The van der Waals surface area contributed by atoms with Gasteiger partial charge in [0.2, 0.25) is 5.91 Å². The van der Waals surface area contributed by atoms with Gasteiger partial charge in [-0.2, -0.15) is 0 Å². The molecular weight excluding hydrogens is 426 g/mol. The summed E-state index contributed by atoms with van der Waals surface area (Å²) in [7, 11) is 0. The zero-order chi connectivity index (χ0) is 23.6. The number of aromatic nitrogens is 3. The largest absolute Gasteiger partial charge is 0.506 e. The molecule has 0 bridgehead atoms. The quantitative estimate of drug-likeness (QED) is 0.231. The third-order valence-electron chi connectivity index (χ3n) is 5.23. The molecule has 1 radical (unpaired) electrons. The Labute approximate surface area is 181 Å². The third-order valence-corrected chi connectivity index (χ3v) is 5.23. The number of carbonyl (C=O) groups is 1. The van der Waals surface area contributed by atoms with E-state index in [1.807, 2.05) is 4.98 Å². The molecule has 3 rings (SSSR count). The Balaban J connectivity index is 1.60. The molecule has 13 heteroatoms. The summed E-state index contributed by atoms with van der Waals surface area (Å²) >= 11 is 0. The summed E-state index contributed by atoms with van der Waals surface area (Å²) in [6, 6.07) is 2.61. The van der Waals surface area contributed by atoms with Gasteiger partial charge in [-0.15, -0.1) is 0 Å². The average Bonchev–Trinajstić information content (AvgIpc) is 3.05. The maximum atomic E-state index is 12.4. The maximum absolute atomic E-state index is 12.4. The molecule has 1 aliphatic heterocycles. The van der Waals surface area contributed by atoms with Gasteiger partial charge in [-0.3, -0.25) is 24.1 Å². The summed E-state index contributed by atoms with van der Waals surface area (Å²) in [4.78, 5) is 41.4. The topological polar surface area (TPSA) is 213 Å². The lowest BCUT2D eigenvalue weighted by Crippen LogP contribution is -2.47. The van der Waals surface area contributed by atoms with Gasteiger partial charge in [0.15, 0.2) is 6.23 Å². The number of aliphatic hydroxyl groups excluding tert-OH is 3. The Morgan fingerprint density at radius 3 is 2.66 bits per heavy atom. The van der Waals surface area contributed by atoms with Gasteiger partial charge in [0, 0.05) is 18.2 Å². The lowest BCUT2D eigenvalue weighted by molar-refractivity contribution is -0.124. The summed E-state index contributed by atoms with van der Waals surface area (Å²) in [6.45, 7) is 2.61. The number of aromatic hydroxyl groups is 1. The van der Waals surface area contributed by atoms with Gasteiger partial charge in [-0.1, -0.05) is 6.92 Å². The highest BCUT2D eigenvalue weighted by atomic mass is 16.6. The molecule has 0 aliphatic carbocycles. The van der Waals surface area contributed by atoms with Gasteiger partial charge in [-0.25, -0.2) is 4.79 Å². The molecule has 0 spiro atoms. The van der Waals surface area contributed by atoms with Crippen LogP contribution in [0.4, 0.5) is 0 Å². The number of nitrogens with two attached hydrogens (primary N) is 1. The van der Waals surface area contributed by atoms with Crippen molar-refractivity contribution in [3.8, 4) is 5.75 Å². The van der Waals surface area contributed by atoms with Crippen molar-refractivity contribution in [1.82, 2.24) is 19.9 Å². The molecule has 0 saturated carbocycles. The predicted octanol–water partition coefficient (Wildman–Crippen LogP) is -2.77. The number of ether oxygens (including phenoxy) is 1. The molecule has 1 amide bonds. The SMILES string of the molecule is C[C@@H]([C@H](N)C(=O)N[CH][C@H]1O[C@@H](n2ccc(=O)[nH]c2=O)C(O)C1O)[C@H](O)c1ccc(O)cn1. The van der Waals surface area contributed by atoms with E-state index in [0.717, 1.165) is 29.6 Å². The molecule has 13 nitrogen and oxygen atoms in total. The minimum Gasteiger partial charge on any atom is -0.506 e. The van der Waals surface area contributed by atoms with Crippen molar-refractivity contribution in [2.45, 2.75) is 43.6 Å². The van der Waals surface area contributed by atoms with Crippen LogP contribution in [0.1, 0.15) is 24.9 Å². The third kappa shape index (κ3) is 4.87. The van der Waals surface area contributed by atoms with Crippen LogP contribution in [-0.4, -0.2) is 65.2 Å². The van der Waals surface area contributed by atoms with Crippen LogP contribution in [0.5, 0.6) is 5.75 Å². The van der Waals surface area contributed by atoms with E-state index in [4.69, 9.17) is 10.5 Å². The van der Waals surface area contributed by atoms with E-state index in [9.17, 15) is 34.8 Å². The number of aromatic amines is 1. The lowest BCUT2D eigenvalue weighted by Gasteiger charge is -2.24. The summed E-state index contributed by atoms with van der Waals surface area (Å²) in [5, 5.41) is 42.5. The van der Waals surface area contributed by atoms with Crippen LogP contribution < -0.4 is 22.3 Å². The number of carbonyl (C=O) groups excluding carboxylic acids is 1. The van der Waals surface area contributed by atoms with E-state index in [1.165, 1.54) is 19.1 Å². The number of amides is 1. The number of rotatable bonds is 7. The number of aliphatic hydroxyl groups is 3. The van der Waals surface area contributed by atoms with Crippen LogP contribution in [0, 0.1) is 12.5 Å². The van der Waals surface area contributed by atoms with Crippen molar-refractivity contribution in [3.63, 3.8) is 0 Å². The van der Waals surface area contributed by atoms with Gasteiger partial charge >= 0.3 is 5.69 Å². The maximum Gasteiger partial charge on any atom is 0.330 e. The van der Waals surface area contributed by atoms with Gasteiger partial charge in [-0.05, 0) is 12.1 Å². The number of hydrogen-bond acceptors (Lipinski definition) is 10. The van der Waals surface area contributed by atoms with E-state index in [1.54, 1.807) is 0 Å². The van der Waals surface area contributed by atoms with E-state index in [2.05, 4.69) is 10.3 Å². The minimum atomic E-state index is -1.52. The number of pyridine rings is 1. The highest BCUT2D eigenvalue weighted by Crippen LogP contribution is 2.29. The average molecular weight is 450 g/mol. The zero-order valence-corrected chi connectivity index (χ0v) is 16.9. The summed E-state index contributed by atoms with van der Waals surface area (Å²) < 4.78 is 6.36. The van der Waals surface area contributed by atoms with Gasteiger partial charge in [0.25, 0.3) is 5.56 Å². The van der Waals surface area contributed by atoms with Crippen molar-refractivity contribution in [2.75, 3.05) is 0 Å². The number of hydrogen-bond donors (Lipinski definition) is 7. The summed E-state index contributed by atoms with van der Waals surface area (Å²) in [5.41, 5.74) is 4.67. The van der Waals surface area contributed by atoms with Gasteiger partial charge < -0.3 is 36.2 Å². The van der Waals surface area contributed by atoms with E-state index in [-0.39, 0.29) is 11.4 Å². The van der Waals surface area contributed by atoms with Crippen molar-refractivity contribution in [3.05, 3.63) is 63.7 Å². The van der Waals surface area contributed by atoms with Crippen LogP contribution in [0.25, 0.3) is 0 Å². The number of nitrogens with zero attached hydrogens (tertiary/aromatic N) is 2. The normalized spacial score (nSPS) is 25.8. The van der Waals surface area contributed by atoms with Crippen molar-refractivity contribution in [2.24, 2.45) is 11.7 Å². The highest BCUT2D eigenvalue weighted by molar-refractivity contribution is 5.82. The smallest absolute Gasteiger partial charge is 0.330 e. The molecule has 32 heavy (non-hydrogen) atoms. The zero-order valence-electron chi connectivity index (χ0n) is 16.9. The molecule has 2 aromatic heterocycles. The van der Waals surface area contributed by atoms with Gasteiger partial charge in [0.1, 0.15) is 30.2 Å². The van der Waals surface area contributed by atoms with Crippen LogP contribution in [-0.2, 0) is 9.53 Å². The fourth-order valence-corrected chi connectivity index (χ4v) is 3.22. The number of nitrogens with one attached hydrogen (secondary N) is 2. The fraction of sp³-hybridized carbons (Fsp3) is 0.421.